The van der Waals surface area contributed by atoms with Gasteiger partial charge in [0.1, 0.15) is 5.75 Å². The number of aliphatic hydroxyl groups is 1. The van der Waals surface area contributed by atoms with Crippen LogP contribution in [0.1, 0.15) is 17.3 Å². The fourth-order valence-electron chi connectivity index (χ4n) is 2.43. The molecule has 0 spiro atoms. The third-order valence-corrected chi connectivity index (χ3v) is 4.08. The lowest BCUT2D eigenvalue weighted by Crippen LogP contribution is -2.53. The molecule has 0 aromatic heterocycles. The molecule has 2 rings (SSSR count). The van der Waals surface area contributed by atoms with Crippen molar-refractivity contribution in [3.8, 4) is 5.75 Å². The van der Waals surface area contributed by atoms with Gasteiger partial charge in [-0.05, 0) is 43.4 Å². The number of aliphatic hydroxyl groups excluding tert-OH is 1. The van der Waals surface area contributed by atoms with Crippen molar-refractivity contribution < 1.29 is 14.6 Å². The molecular weight excluding hydrogens is 314 g/mol. The molecule has 1 aliphatic rings. The van der Waals surface area contributed by atoms with Crippen LogP contribution < -0.4 is 10.1 Å². The van der Waals surface area contributed by atoms with E-state index in [9.17, 15) is 4.79 Å². The monoisotopic (exact) mass is 337 g/mol. The zero-order chi connectivity index (χ0) is 16.7. The van der Waals surface area contributed by atoms with Gasteiger partial charge in [-0.15, -0.1) is 0 Å². The highest BCUT2D eigenvalue weighted by Crippen LogP contribution is 2.12. The van der Waals surface area contributed by atoms with Crippen LogP contribution in [0.3, 0.4) is 0 Å². The Kier molecular flexibility index (Phi) is 6.76. The number of nitrogens with zero attached hydrogens (tertiary/aromatic N) is 2. The fraction of sp³-hybridized carbons (Fsp3) is 0.500. The highest BCUT2D eigenvalue weighted by Gasteiger charge is 2.20. The van der Waals surface area contributed by atoms with Crippen LogP contribution in [-0.4, -0.2) is 71.9 Å². The third kappa shape index (κ3) is 5.16. The largest absolute Gasteiger partial charge is 0.494 e. The van der Waals surface area contributed by atoms with Gasteiger partial charge in [-0.1, -0.05) is 0 Å². The van der Waals surface area contributed by atoms with Crippen molar-refractivity contribution in [2.45, 2.75) is 6.92 Å². The predicted molar refractivity (Wildman–Crippen MR) is 92.8 cm³/mol. The summed E-state index contributed by atoms with van der Waals surface area (Å²) in [6, 6.07) is 6.99. The lowest BCUT2D eigenvalue weighted by atomic mass is 10.2. The van der Waals surface area contributed by atoms with E-state index >= 15 is 0 Å². The number of hydrogen-bond donors (Lipinski definition) is 2. The number of thiocarbonyl (C=S) groups is 1. The topological polar surface area (TPSA) is 65.0 Å². The first-order valence-electron chi connectivity index (χ1n) is 7.80. The summed E-state index contributed by atoms with van der Waals surface area (Å²) in [4.78, 5) is 16.4. The van der Waals surface area contributed by atoms with E-state index in [0.717, 1.165) is 31.9 Å². The number of carbonyl (C=O) groups excluding carboxylic acids is 1. The molecule has 0 bridgehead atoms. The van der Waals surface area contributed by atoms with Gasteiger partial charge in [0, 0.05) is 38.3 Å². The number of ether oxygens (including phenoxy) is 1. The molecule has 7 heteroatoms. The second-order valence-electron chi connectivity index (χ2n) is 5.27. The molecule has 1 aromatic carbocycles. The van der Waals surface area contributed by atoms with Crippen LogP contribution in [0, 0.1) is 0 Å². The van der Waals surface area contributed by atoms with Crippen molar-refractivity contribution in [2.24, 2.45) is 0 Å². The number of amides is 1. The third-order valence-electron chi connectivity index (χ3n) is 3.72. The highest BCUT2D eigenvalue weighted by atomic mass is 32.1. The molecule has 6 nitrogen and oxygen atoms in total. The molecule has 2 N–H and O–H groups in total. The van der Waals surface area contributed by atoms with Crippen molar-refractivity contribution in [1.82, 2.24) is 15.1 Å². The fourth-order valence-corrected chi connectivity index (χ4v) is 2.71. The van der Waals surface area contributed by atoms with Crippen LogP contribution in [0.4, 0.5) is 0 Å². The standard InChI is InChI=1S/C16H23N3O3S/c1-2-22-14-5-3-13(4-6-14)15(21)17-16(23)19-9-7-18(8-10-19)11-12-20/h3-6,20H,2,7-12H2,1H3,(H,17,21,23). The smallest absolute Gasteiger partial charge is 0.257 e. The van der Waals surface area contributed by atoms with Gasteiger partial charge in [0.2, 0.25) is 0 Å². The minimum atomic E-state index is -0.212. The van der Waals surface area contributed by atoms with Gasteiger partial charge in [-0.25, -0.2) is 0 Å². The summed E-state index contributed by atoms with van der Waals surface area (Å²) in [5.74, 6) is 0.530. The van der Waals surface area contributed by atoms with Gasteiger partial charge in [0.05, 0.1) is 13.2 Å². The number of benzene rings is 1. The summed E-state index contributed by atoms with van der Waals surface area (Å²) in [5.41, 5.74) is 0.551. The molecular formula is C16H23N3O3S. The average molecular weight is 337 g/mol. The van der Waals surface area contributed by atoms with Gasteiger partial charge in [-0.3, -0.25) is 15.0 Å². The number of piperazine rings is 1. The zero-order valence-electron chi connectivity index (χ0n) is 13.3. The average Bonchev–Trinajstić information content (AvgIpc) is 2.56. The van der Waals surface area contributed by atoms with Crippen molar-refractivity contribution in [3.05, 3.63) is 29.8 Å². The number of nitrogens with one attached hydrogen (secondary N) is 1. The SMILES string of the molecule is CCOc1ccc(C(=O)NC(=S)N2CCN(CCO)CC2)cc1. The van der Waals surface area contributed by atoms with E-state index in [2.05, 4.69) is 10.2 Å². The zero-order valence-corrected chi connectivity index (χ0v) is 14.1. The quantitative estimate of drug-likeness (QED) is 0.772. The number of rotatable bonds is 5. The van der Waals surface area contributed by atoms with Crippen molar-refractivity contribution in [1.29, 1.82) is 0 Å². The van der Waals surface area contributed by atoms with E-state index in [1.54, 1.807) is 24.3 Å². The lowest BCUT2D eigenvalue weighted by Gasteiger charge is -2.35. The summed E-state index contributed by atoms with van der Waals surface area (Å²) in [6.45, 7) is 6.53. The van der Waals surface area contributed by atoms with Crippen molar-refractivity contribution in [3.63, 3.8) is 0 Å². The van der Waals surface area contributed by atoms with Crippen LogP contribution in [0.25, 0.3) is 0 Å². The van der Waals surface area contributed by atoms with Crippen molar-refractivity contribution in [2.75, 3.05) is 45.9 Å². The molecule has 126 valence electrons. The minimum absolute atomic E-state index is 0.166. The van der Waals surface area contributed by atoms with E-state index in [1.807, 2.05) is 11.8 Å². The molecule has 23 heavy (non-hydrogen) atoms. The van der Waals surface area contributed by atoms with E-state index in [4.69, 9.17) is 22.1 Å². The Labute approximate surface area is 142 Å². The van der Waals surface area contributed by atoms with E-state index in [-0.39, 0.29) is 12.5 Å². The Morgan fingerprint density at radius 2 is 1.91 bits per heavy atom. The van der Waals surface area contributed by atoms with Crippen LogP contribution in [0.2, 0.25) is 0 Å². The maximum absolute atomic E-state index is 12.2. The first-order valence-corrected chi connectivity index (χ1v) is 8.21. The number of hydrogen-bond acceptors (Lipinski definition) is 5. The minimum Gasteiger partial charge on any atom is -0.494 e. The number of β-amino-alcohol motifs (C(OH)–C–C–N with tert-alkyl or cyclic N) is 1. The van der Waals surface area contributed by atoms with Crippen molar-refractivity contribution >= 4 is 23.2 Å². The Balaban J connectivity index is 1.84. The van der Waals surface area contributed by atoms with Gasteiger partial charge in [-0.2, -0.15) is 0 Å². The molecule has 1 amide bonds. The predicted octanol–water partition coefficient (Wildman–Crippen LogP) is 0.710. The molecule has 0 radical (unpaired) electrons. The number of carbonyl (C=O) groups is 1. The Bertz CT molecular complexity index is 528. The summed E-state index contributed by atoms with van der Waals surface area (Å²) >= 11 is 5.32. The lowest BCUT2D eigenvalue weighted by molar-refractivity contribution is 0.0968. The Hall–Kier alpha value is -1.70. The summed E-state index contributed by atoms with van der Waals surface area (Å²) in [5, 5.41) is 12.2. The summed E-state index contributed by atoms with van der Waals surface area (Å²) in [7, 11) is 0. The first-order chi connectivity index (χ1) is 11.1. The van der Waals surface area contributed by atoms with Gasteiger partial charge in [0.25, 0.3) is 5.91 Å². The normalized spacial score (nSPS) is 15.3. The van der Waals surface area contributed by atoms with Crippen LogP contribution in [-0.2, 0) is 0 Å². The van der Waals surface area contributed by atoms with E-state index in [1.165, 1.54) is 0 Å². The highest BCUT2D eigenvalue weighted by molar-refractivity contribution is 7.80. The molecule has 1 aromatic rings. The Morgan fingerprint density at radius 3 is 2.48 bits per heavy atom. The second kappa shape index (κ2) is 8.81. The molecule has 1 heterocycles. The van der Waals surface area contributed by atoms with Gasteiger partial charge >= 0.3 is 0 Å². The van der Waals surface area contributed by atoms with Crippen LogP contribution in [0.15, 0.2) is 24.3 Å². The van der Waals surface area contributed by atoms with Crippen LogP contribution >= 0.6 is 12.2 Å². The molecule has 0 aliphatic carbocycles. The molecule has 1 aliphatic heterocycles. The molecule has 0 unspecified atom stereocenters. The van der Waals surface area contributed by atoms with E-state index < -0.39 is 0 Å². The molecule has 1 saturated heterocycles. The molecule has 0 saturated carbocycles. The second-order valence-corrected chi connectivity index (χ2v) is 5.66. The maximum atomic E-state index is 12.2. The van der Waals surface area contributed by atoms with Crippen LogP contribution in [0.5, 0.6) is 5.75 Å². The maximum Gasteiger partial charge on any atom is 0.257 e. The van der Waals surface area contributed by atoms with Gasteiger partial charge in [0.15, 0.2) is 5.11 Å². The Morgan fingerprint density at radius 1 is 1.26 bits per heavy atom. The summed E-state index contributed by atoms with van der Waals surface area (Å²) < 4.78 is 5.36. The molecule has 0 atom stereocenters. The van der Waals surface area contributed by atoms with E-state index in [0.29, 0.717) is 23.8 Å². The first kappa shape index (κ1) is 17.7. The van der Waals surface area contributed by atoms with Gasteiger partial charge < -0.3 is 14.7 Å². The summed E-state index contributed by atoms with van der Waals surface area (Å²) in [6.07, 6.45) is 0. The molecule has 1 fully saturated rings.